The van der Waals surface area contributed by atoms with E-state index >= 15 is 0 Å². The third-order valence-electron chi connectivity index (χ3n) is 3.15. The van der Waals surface area contributed by atoms with Crippen molar-refractivity contribution >= 4 is 22.7 Å². The molecular weight excluding hydrogens is 246 g/mol. The lowest BCUT2D eigenvalue weighted by Crippen LogP contribution is -2.37. The number of H-pyrrole nitrogens is 2. The lowest BCUT2D eigenvalue weighted by atomic mass is 9.93. The van der Waals surface area contributed by atoms with Crippen molar-refractivity contribution in [2.24, 2.45) is 5.41 Å². The maximum Gasteiger partial charge on any atom is 0.323 e. The third kappa shape index (κ3) is 2.62. The van der Waals surface area contributed by atoms with Crippen LogP contribution in [-0.4, -0.2) is 34.6 Å². The Morgan fingerprint density at radius 2 is 1.95 bits per heavy atom. The summed E-state index contributed by atoms with van der Waals surface area (Å²) in [5, 5.41) is 9.13. The van der Waals surface area contributed by atoms with E-state index in [-0.39, 0.29) is 5.69 Å². The molecule has 1 aromatic heterocycles. The van der Waals surface area contributed by atoms with Crippen molar-refractivity contribution in [1.82, 2.24) is 9.97 Å². The monoisotopic (exact) mass is 263 g/mol. The fourth-order valence-corrected chi connectivity index (χ4v) is 2.01. The molecule has 1 heterocycles. The molecule has 0 radical (unpaired) electrons. The molecule has 0 amide bonds. The summed E-state index contributed by atoms with van der Waals surface area (Å²) in [4.78, 5) is 29.5. The minimum Gasteiger partial charge on any atom is -0.481 e. The van der Waals surface area contributed by atoms with Crippen LogP contribution in [0.5, 0.6) is 0 Å². The molecule has 6 heteroatoms. The Bertz CT molecular complexity index is 669. The van der Waals surface area contributed by atoms with E-state index in [1.807, 2.05) is 24.1 Å². The number of carboxylic acids is 1. The Kier molecular flexibility index (Phi) is 3.09. The summed E-state index contributed by atoms with van der Waals surface area (Å²) in [6.45, 7) is 3.74. The van der Waals surface area contributed by atoms with Crippen LogP contribution >= 0.6 is 0 Å². The summed E-state index contributed by atoms with van der Waals surface area (Å²) < 4.78 is 0. The third-order valence-corrected chi connectivity index (χ3v) is 3.15. The summed E-state index contributed by atoms with van der Waals surface area (Å²) in [6, 6.07) is 5.47. The smallest absolute Gasteiger partial charge is 0.323 e. The maximum atomic E-state index is 11.2. The summed E-state index contributed by atoms with van der Waals surface area (Å²) in [6.07, 6.45) is 0. The average molecular weight is 263 g/mol. The molecule has 0 aliphatic rings. The second kappa shape index (κ2) is 4.46. The molecule has 0 atom stereocenters. The number of carbonyl (C=O) groups is 1. The molecule has 0 spiro atoms. The molecule has 0 unspecified atom stereocenters. The van der Waals surface area contributed by atoms with Crippen LogP contribution in [0.3, 0.4) is 0 Å². The topological polar surface area (TPSA) is 89.2 Å². The number of anilines is 1. The molecule has 6 nitrogen and oxygen atoms in total. The number of nitrogens with one attached hydrogen (secondary N) is 2. The van der Waals surface area contributed by atoms with Gasteiger partial charge in [0.2, 0.25) is 0 Å². The van der Waals surface area contributed by atoms with Crippen LogP contribution in [0.4, 0.5) is 5.69 Å². The first-order chi connectivity index (χ1) is 8.79. The van der Waals surface area contributed by atoms with Gasteiger partial charge in [-0.1, -0.05) is 0 Å². The van der Waals surface area contributed by atoms with Gasteiger partial charge >= 0.3 is 11.7 Å². The second-order valence-corrected chi connectivity index (χ2v) is 5.35. The summed E-state index contributed by atoms with van der Waals surface area (Å²) in [7, 11) is 1.83. The molecule has 2 aromatic rings. The van der Waals surface area contributed by atoms with Gasteiger partial charge in [-0.3, -0.25) is 4.79 Å². The highest BCUT2D eigenvalue weighted by molar-refractivity contribution is 5.79. The van der Waals surface area contributed by atoms with Crippen molar-refractivity contribution in [3.8, 4) is 0 Å². The number of aromatic amines is 2. The lowest BCUT2D eigenvalue weighted by molar-refractivity contribution is -0.146. The highest BCUT2D eigenvalue weighted by Gasteiger charge is 2.28. The van der Waals surface area contributed by atoms with Crippen molar-refractivity contribution < 1.29 is 9.90 Å². The van der Waals surface area contributed by atoms with Crippen LogP contribution < -0.4 is 10.6 Å². The predicted molar refractivity (Wildman–Crippen MR) is 73.6 cm³/mol. The Balaban J connectivity index is 2.28. The average Bonchev–Trinajstić information content (AvgIpc) is 2.66. The zero-order valence-corrected chi connectivity index (χ0v) is 11.2. The van der Waals surface area contributed by atoms with Crippen LogP contribution in [0.25, 0.3) is 11.0 Å². The fraction of sp³-hybridized carbons (Fsp3) is 0.385. The van der Waals surface area contributed by atoms with Crippen LogP contribution in [0.2, 0.25) is 0 Å². The van der Waals surface area contributed by atoms with Gasteiger partial charge in [-0.05, 0) is 32.0 Å². The standard InChI is InChI=1S/C13H17N3O3/c1-13(2,11(17)18)7-16(3)8-4-5-9-10(6-8)15-12(19)14-9/h4-6H,7H2,1-3H3,(H,17,18)(H2,14,15,19). The number of aliphatic carboxylic acids is 1. The van der Waals surface area contributed by atoms with E-state index in [2.05, 4.69) is 9.97 Å². The van der Waals surface area contributed by atoms with Crippen LogP contribution in [-0.2, 0) is 4.79 Å². The molecule has 0 bridgehead atoms. The number of nitrogens with zero attached hydrogens (tertiary/aromatic N) is 1. The number of benzene rings is 1. The SMILES string of the molecule is CN(CC(C)(C)C(=O)O)c1ccc2[nH]c(=O)[nH]c2c1. The van der Waals surface area contributed by atoms with Crippen LogP contribution in [0, 0.1) is 5.41 Å². The molecule has 102 valence electrons. The molecule has 3 N–H and O–H groups in total. The van der Waals surface area contributed by atoms with Gasteiger partial charge in [-0.2, -0.15) is 0 Å². The highest BCUT2D eigenvalue weighted by Crippen LogP contribution is 2.23. The van der Waals surface area contributed by atoms with Crippen molar-refractivity contribution in [3.63, 3.8) is 0 Å². The second-order valence-electron chi connectivity index (χ2n) is 5.35. The lowest BCUT2D eigenvalue weighted by Gasteiger charge is -2.28. The van der Waals surface area contributed by atoms with Gasteiger partial charge in [-0.15, -0.1) is 0 Å². The zero-order valence-electron chi connectivity index (χ0n) is 11.2. The molecule has 19 heavy (non-hydrogen) atoms. The number of hydrogen-bond acceptors (Lipinski definition) is 3. The Hall–Kier alpha value is -2.24. The highest BCUT2D eigenvalue weighted by atomic mass is 16.4. The number of aromatic nitrogens is 2. The molecule has 0 saturated heterocycles. The molecule has 0 aliphatic heterocycles. The molecular formula is C13H17N3O3. The Morgan fingerprint density at radius 1 is 1.32 bits per heavy atom. The molecule has 0 fully saturated rings. The largest absolute Gasteiger partial charge is 0.481 e. The van der Waals surface area contributed by atoms with Gasteiger partial charge in [0.1, 0.15) is 0 Å². The van der Waals surface area contributed by atoms with Crippen molar-refractivity contribution in [3.05, 3.63) is 28.7 Å². The Labute approximate surface area is 110 Å². The number of rotatable bonds is 4. The molecule has 2 rings (SSSR count). The van der Waals surface area contributed by atoms with E-state index < -0.39 is 11.4 Å². The van der Waals surface area contributed by atoms with Gasteiger partial charge in [0.25, 0.3) is 0 Å². The number of hydrogen-bond donors (Lipinski definition) is 3. The minimum atomic E-state index is -0.838. The first-order valence-electron chi connectivity index (χ1n) is 5.96. The number of carboxylic acid groups (broad SMARTS) is 1. The zero-order chi connectivity index (χ0) is 14.2. The first-order valence-corrected chi connectivity index (χ1v) is 5.96. The maximum absolute atomic E-state index is 11.2. The van der Waals surface area contributed by atoms with Crippen molar-refractivity contribution in [2.75, 3.05) is 18.5 Å². The van der Waals surface area contributed by atoms with Gasteiger partial charge in [0.15, 0.2) is 0 Å². The van der Waals surface area contributed by atoms with E-state index in [4.69, 9.17) is 5.11 Å². The minimum absolute atomic E-state index is 0.249. The van der Waals surface area contributed by atoms with Crippen molar-refractivity contribution in [1.29, 1.82) is 0 Å². The normalized spacial score (nSPS) is 11.7. The van der Waals surface area contributed by atoms with Crippen LogP contribution in [0.15, 0.2) is 23.0 Å². The molecule has 0 aliphatic carbocycles. The van der Waals surface area contributed by atoms with E-state index in [1.165, 1.54) is 0 Å². The van der Waals surface area contributed by atoms with Gasteiger partial charge in [0, 0.05) is 19.3 Å². The quantitative estimate of drug-likeness (QED) is 0.778. The van der Waals surface area contributed by atoms with E-state index in [0.29, 0.717) is 12.1 Å². The summed E-state index contributed by atoms with van der Waals surface area (Å²) in [5.74, 6) is -0.838. The fourth-order valence-electron chi connectivity index (χ4n) is 2.01. The summed E-state index contributed by atoms with van der Waals surface area (Å²) in [5.41, 5.74) is 1.22. The Morgan fingerprint density at radius 3 is 2.58 bits per heavy atom. The van der Waals surface area contributed by atoms with Gasteiger partial charge in [0.05, 0.1) is 16.4 Å². The molecule has 1 aromatic carbocycles. The van der Waals surface area contributed by atoms with Gasteiger partial charge in [-0.25, -0.2) is 4.79 Å². The van der Waals surface area contributed by atoms with Crippen LogP contribution in [0.1, 0.15) is 13.8 Å². The van der Waals surface area contributed by atoms with E-state index in [1.54, 1.807) is 19.9 Å². The van der Waals surface area contributed by atoms with E-state index in [0.717, 1.165) is 11.2 Å². The van der Waals surface area contributed by atoms with E-state index in [9.17, 15) is 9.59 Å². The number of imidazole rings is 1. The van der Waals surface area contributed by atoms with Crippen molar-refractivity contribution in [2.45, 2.75) is 13.8 Å². The predicted octanol–water partition coefficient (Wildman–Crippen LogP) is 1.40. The first kappa shape index (κ1) is 13.2. The summed E-state index contributed by atoms with van der Waals surface area (Å²) >= 11 is 0. The van der Waals surface area contributed by atoms with Gasteiger partial charge < -0.3 is 20.0 Å². The number of fused-ring (bicyclic) bond motifs is 1. The molecule has 0 saturated carbocycles.